The summed E-state index contributed by atoms with van der Waals surface area (Å²) in [6.45, 7) is -0.0184. The topological polar surface area (TPSA) is 105 Å². The van der Waals surface area contributed by atoms with Crippen LogP contribution in [-0.4, -0.2) is 27.8 Å². The second kappa shape index (κ2) is 4.18. The standard InChI is InChI=1S/C8H13N3O2/c9-3-7(12)8(13)5-4-11-2-1-6(5)10/h1-2,4,7-8,12-13H,3,9H2,(H2,10,11). The summed E-state index contributed by atoms with van der Waals surface area (Å²) >= 11 is 0. The van der Waals surface area contributed by atoms with Crippen molar-refractivity contribution in [1.82, 2.24) is 4.98 Å². The number of nitrogen functional groups attached to an aromatic ring is 1. The molecule has 0 spiro atoms. The number of pyridine rings is 1. The van der Waals surface area contributed by atoms with Crippen LogP contribution in [-0.2, 0) is 0 Å². The SMILES string of the molecule is NCC(O)C(O)c1cnccc1N. The minimum absolute atomic E-state index is 0.0184. The van der Waals surface area contributed by atoms with E-state index in [1.807, 2.05) is 0 Å². The largest absolute Gasteiger partial charge is 0.398 e. The van der Waals surface area contributed by atoms with Gasteiger partial charge in [0.05, 0.1) is 6.10 Å². The van der Waals surface area contributed by atoms with E-state index < -0.39 is 12.2 Å². The van der Waals surface area contributed by atoms with E-state index >= 15 is 0 Å². The van der Waals surface area contributed by atoms with Crippen LogP contribution in [0.3, 0.4) is 0 Å². The van der Waals surface area contributed by atoms with Crippen molar-refractivity contribution in [3.05, 3.63) is 24.0 Å². The number of aliphatic hydroxyl groups is 2. The summed E-state index contributed by atoms with van der Waals surface area (Å²) < 4.78 is 0. The summed E-state index contributed by atoms with van der Waals surface area (Å²) in [7, 11) is 0. The van der Waals surface area contributed by atoms with Gasteiger partial charge in [0.25, 0.3) is 0 Å². The Morgan fingerprint density at radius 1 is 1.46 bits per heavy atom. The lowest BCUT2D eigenvalue weighted by Crippen LogP contribution is -2.27. The van der Waals surface area contributed by atoms with Gasteiger partial charge in [0, 0.05) is 30.2 Å². The highest BCUT2D eigenvalue weighted by Gasteiger charge is 2.18. The van der Waals surface area contributed by atoms with Gasteiger partial charge in [0.15, 0.2) is 0 Å². The molecule has 0 saturated heterocycles. The zero-order valence-electron chi connectivity index (χ0n) is 7.09. The van der Waals surface area contributed by atoms with Crippen LogP contribution in [0.4, 0.5) is 5.69 Å². The molecule has 1 aromatic heterocycles. The molecule has 0 radical (unpaired) electrons. The van der Waals surface area contributed by atoms with Gasteiger partial charge in [0.2, 0.25) is 0 Å². The van der Waals surface area contributed by atoms with Gasteiger partial charge >= 0.3 is 0 Å². The molecular formula is C8H13N3O2. The van der Waals surface area contributed by atoms with Gasteiger partial charge < -0.3 is 21.7 Å². The summed E-state index contributed by atoms with van der Waals surface area (Å²) in [5.41, 5.74) is 11.6. The maximum Gasteiger partial charge on any atom is 0.110 e. The van der Waals surface area contributed by atoms with E-state index in [1.54, 1.807) is 6.07 Å². The van der Waals surface area contributed by atoms with Crippen LogP contribution in [0, 0.1) is 0 Å². The second-order valence-corrected chi connectivity index (χ2v) is 2.75. The molecule has 2 atom stereocenters. The van der Waals surface area contributed by atoms with Crippen molar-refractivity contribution in [3.8, 4) is 0 Å². The molecule has 5 heteroatoms. The molecule has 2 unspecified atom stereocenters. The predicted molar refractivity (Wildman–Crippen MR) is 48.7 cm³/mol. The Bertz CT molecular complexity index is 280. The molecule has 5 nitrogen and oxygen atoms in total. The van der Waals surface area contributed by atoms with Gasteiger partial charge in [-0.15, -0.1) is 0 Å². The number of rotatable bonds is 3. The van der Waals surface area contributed by atoms with Crippen LogP contribution in [0.15, 0.2) is 18.5 Å². The zero-order chi connectivity index (χ0) is 9.84. The van der Waals surface area contributed by atoms with Gasteiger partial charge in [0.1, 0.15) is 6.10 Å². The van der Waals surface area contributed by atoms with E-state index in [4.69, 9.17) is 11.5 Å². The van der Waals surface area contributed by atoms with Crippen molar-refractivity contribution in [3.63, 3.8) is 0 Å². The second-order valence-electron chi connectivity index (χ2n) is 2.75. The number of nitrogens with zero attached hydrogens (tertiary/aromatic N) is 1. The van der Waals surface area contributed by atoms with Crippen LogP contribution < -0.4 is 11.5 Å². The van der Waals surface area contributed by atoms with Crippen LogP contribution in [0.2, 0.25) is 0 Å². The minimum atomic E-state index is -1.07. The van der Waals surface area contributed by atoms with Gasteiger partial charge in [-0.3, -0.25) is 4.98 Å². The van der Waals surface area contributed by atoms with Crippen LogP contribution in [0.5, 0.6) is 0 Å². The minimum Gasteiger partial charge on any atom is -0.398 e. The fraction of sp³-hybridized carbons (Fsp3) is 0.375. The van der Waals surface area contributed by atoms with Crippen LogP contribution in [0.25, 0.3) is 0 Å². The zero-order valence-corrected chi connectivity index (χ0v) is 7.09. The van der Waals surface area contributed by atoms with Gasteiger partial charge in [-0.25, -0.2) is 0 Å². The quantitative estimate of drug-likeness (QED) is 0.482. The number of hydrogen-bond donors (Lipinski definition) is 4. The van der Waals surface area contributed by atoms with E-state index in [0.717, 1.165) is 0 Å². The lowest BCUT2D eigenvalue weighted by atomic mass is 10.1. The maximum absolute atomic E-state index is 9.52. The van der Waals surface area contributed by atoms with E-state index in [-0.39, 0.29) is 6.54 Å². The highest BCUT2D eigenvalue weighted by atomic mass is 16.3. The molecule has 1 rings (SSSR count). The van der Waals surface area contributed by atoms with Crippen molar-refractivity contribution >= 4 is 5.69 Å². The Morgan fingerprint density at radius 2 is 2.15 bits per heavy atom. The average molecular weight is 183 g/mol. The smallest absolute Gasteiger partial charge is 0.110 e. The molecule has 0 aliphatic heterocycles. The van der Waals surface area contributed by atoms with Gasteiger partial charge in [-0.05, 0) is 6.07 Å². The summed E-state index contributed by atoms with van der Waals surface area (Å²) in [5, 5.41) is 18.8. The summed E-state index contributed by atoms with van der Waals surface area (Å²) in [6, 6.07) is 1.56. The molecule has 0 bridgehead atoms. The lowest BCUT2D eigenvalue weighted by Gasteiger charge is -2.17. The first-order valence-corrected chi connectivity index (χ1v) is 3.92. The Hall–Kier alpha value is -1.17. The first-order valence-electron chi connectivity index (χ1n) is 3.92. The summed E-state index contributed by atoms with van der Waals surface area (Å²) in [6.07, 6.45) is 0.851. The fourth-order valence-corrected chi connectivity index (χ4v) is 1.00. The van der Waals surface area contributed by atoms with Crippen molar-refractivity contribution in [2.45, 2.75) is 12.2 Å². The molecule has 72 valence electrons. The molecule has 0 fully saturated rings. The van der Waals surface area contributed by atoms with Crippen molar-refractivity contribution in [2.75, 3.05) is 12.3 Å². The number of anilines is 1. The molecule has 0 saturated carbocycles. The molecular weight excluding hydrogens is 170 g/mol. The van der Waals surface area contributed by atoms with Crippen molar-refractivity contribution < 1.29 is 10.2 Å². The monoisotopic (exact) mass is 183 g/mol. The Kier molecular flexibility index (Phi) is 3.18. The molecule has 0 aliphatic carbocycles. The molecule has 13 heavy (non-hydrogen) atoms. The Balaban J connectivity index is 2.88. The van der Waals surface area contributed by atoms with Gasteiger partial charge in [-0.1, -0.05) is 0 Å². The molecule has 0 aliphatic rings. The Morgan fingerprint density at radius 3 is 2.69 bits per heavy atom. The maximum atomic E-state index is 9.52. The van der Waals surface area contributed by atoms with E-state index in [1.165, 1.54) is 12.4 Å². The van der Waals surface area contributed by atoms with Crippen molar-refractivity contribution in [1.29, 1.82) is 0 Å². The number of hydrogen-bond acceptors (Lipinski definition) is 5. The molecule has 1 aromatic rings. The first kappa shape index (κ1) is 9.91. The number of nitrogens with two attached hydrogens (primary N) is 2. The van der Waals surface area contributed by atoms with E-state index in [0.29, 0.717) is 11.3 Å². The van der Waals surface area contributed by atoms with Gasteiger partial charge in [-0.2, -0.15) is 0 Å². The predicted octanol–water partition coefficient (Wildman–Crippen LogP) is -0.983. The van der Waals surface area contributed by atoms with E-state index in [9.17, 15) is 10.2 Å². The Labute approximate surface area is 76.0 Å². The first-order chi connectivity index (χ1) is 6.16. The average Bonchev–Trinajstić information content (AvgIpc) is 2.16. The van der Waals surface area contributed by atoms with E-state index in [2.05, 4.69) is 4.98 Å². The molecule has 1 heterocycles. The third kappa shape index (κ3) is 2.15. The highest BCUT2D eigenvalue weighted by Crippen LogP contribution is 2.20. The molecule has 0 aromatic carbocycles. The van der Waals surface area contributed by atoms with Crippen LogP contribution >= 0.6 is 0 Å². The fourth-order valence-electron chi connectivity index (χ4n) is 1.00. The lowest BCUT2D eigenvalue weighted by molar-refractivity contribution is 0.0246. The van der Waals surface area contributed by atoms with Crippen molar-refractivity contribution in [2.24, 2.45) is 5.73 Å². The highest BCUT2D eigenvalue weighted by molar-refractivity contribution is 5.45. The third-order valence-corrected chi connectivity index (χ3v) is 1.81. The summed E-state index contributed by atoms with van der Waals surface area (Å²) in [4.78, 5) is 3.79. The molecule has 0 amide bonds. The normalized spacial score (nSPS) is 15.3. The summed E-state index contributed by atoms with van der Waals surface area (Å²) in [5.74, 6) is 0. The third-order valence-electron chi connectivity index (χ3n) is 1.81. The molecule has 6 N–H and O–H groups in total. The number of aliphatic hydroxyl groups excluding tert-OH is 2. The van der Waals surface area contributed by atoms with Crippen LogP contribution in [0.1, 0.15) is 11.7 Å². The number of aromatic nitrogens is 1.